The van der Waals surface area contributed by atoms with E-state index in [1.165, 1.54) is 5.56 Å². The molecular formula is C19H27ClN6O. The highest BCUT2D eigenvalue weighted by molar-refractivity contribution is 6.28. The minimum Gasteiger partial charge on any atom is -0.379 e. The zero-order valence-electron chi connectivity index (χ0n) is 15.7. The van der Waals surface area contributed by atoms with Crippen molar-refractivity contribution in [2.45, 2.75) is 25.8 Å². The van der Waals surface area contributed by atoms with Gasteiger partial charge in [-0.3, -0.25) is 4.90 Å². The summed E-state index contributed by atoms with van der Waals surface area (Å²) in [6, 6.07) is 10.7. The van der Waals surface area contributed by atoms with Gasteiger partial charge in [0.25, 0.3) is 0 Å². The number of ether oxygens (including phenoxy) is 1. The predicted molar refractivity (Wildman–Crippen MR) is 108 cm³/mol. The van der Waals surface area contributed by atoms with Gasteiger partial charge in [-0.1, -0.05) is 30.3 Å². The van der Waals surface area contributed by atoms with Crippen LogP contribution in [0.25, 0.3) is 0 Å². The molecule has 2 aromatic rings. The van der Waals surface area contributed by atoms with Gasteiger partial charge in [0.2, 0.25) is 17.2 Å². The van der Waals surface area contributed by atoms with Crippen LogP contribution in [-0.2, 0) is 11.2 Å². The molecule has 1 atom stereocenters. The maximum Gasteiger partial charge on any atom is 0.229 e. The minimum absolute atomic E-state index is 0.191. The van der Waals surface area contributed by atoms with Crippen LogP contribution in [0, 0.1) is 0 Å². The average molecular weight is 391 g/mol. The van der Waals surface area contributed by atoms with Crippen molar-refractivity contribution in [2.24, 2.45) is 0 Å². The van der Waals surface area contributed by atoms with E-state index in [-0.39, 0.29) is 11.3 Å². The Hall–Kier alpha value is -1.96. The molecule has 1 aliphatic rings. The molecular weight excluding hydrogens is 364 g/mol. The van der Waals surface area contributed by atoms with Gasteiger partial charge in [0.15, 0.2) is 0 Å². The van der Waals surface area contributed by atoms with E-state index in [1.807, 2.05) is 6.07 Å². The highest BCUT2D eigenvalue weighted by atomic mass is 35.5. The molecule has 7 nitrogen and oxygen atoms in total. The quantitative estimate of drug-likeness (QED) is 0.681. The molecule has 2 heterocycles. The van der Waals surface area contributed by atoms with Gasteiger partial charge in [0.05, 0.1) is 13.2 Å². The highest BCUT2D eigenvalue weighted by Gasteiger charge is 2.11. The van der Waals surface area contributed by atoms with Crippen LogP contribution in [0.4, 0.5) is 11.9 Å². The first-order chi connectivity index (χ1) is 13.2. The number of morpholine rings is 1. The van der Waals surface area contributed by atoms with E-state index in [2.05, 4.69) is 61.7 Å². The van der Waals surface area contributed by atoms with Crippen molar-refractivity contribution in [2.75, 3.05) is 50.0 Å². The van der Waals surface area contributed by atoms with E-state index < -0.39 is 0 Å². The Balaban J connectivity index is 1.46. The fourth-order valence-corrected chi connectivity index (χ4v) is 3.12. The van der Waals surface area contributed by atoms with E-state index >= 15 is 0 Å². The summed E-state index contributed by atoms with van der Waals surface area (Å²) in [7, 11) is 0. The number of nitrogens with zero attached hydrogens (tertiary/aromatic N) is 4. The maximum absolute atomic E-state index is 6.06. The summed E-state index contributed by atoms with van der Waals surface area (Å²) in [4.78, 5) is 15.1. The van der Waals surface area contributed by atoms with Crippen LogP contribution in [0.3, 0.4) is 0 Å². The topological polar surface area (TPSA) is 75.2 Å². The van der Waals surface area contributed by atoms with E-state index in [0.717, 1.165) is 52.2 Å². The van der Waals surface area contributed by atoms with E-state index in [1.54, 1.807) is 0 Å². The standard InChI is InChI=1S/C19H27ClN6O/c1-15(7-8-16-5-3-2-4-6-16)22-19-24-17(20)23-18(25-19)21-9-10-26-11-13-27-14-12-26/h2-6,15H,7-14H2,1H3,(H2,21,22,23,24,25)/t15-/m0/s1. The molecule has 0 spiro atoms. The number of hydrogen-bond acceptors (Lipinski definition) is 7. The summed E-state index contributed by atoms with van der Waals surface area (Å²) < 4.78 is 5.36. The fraction of sp³-hybridized carbons (Fsp3) is 0.526. The van der Waals surface area contributed by atoms with Crippen molar-refractivity contribution in [3.8, 4) is 0 Å². The van der Waals surface area contributed by atoms with Gasteiger partial charge in [0, 0.05) is 32.2 Å². The van der Waals surface area contributed by atoms with Gasteiger partial charge in [0.1, 0.15) is 0 Å². The molecule has 1 aliphatic heterocycles. The number of rotatable bonds is 9. The molecule has 0 amide bonds. The fourth-order valence-electron chi connectivity index (χ4n) is 2.96. The largest absolute Gasteiger partial charge is 0.379 e. The van der Waals surface area contributed by atoms with Gasteiger partial charge < -0.3 is 15.4 Å². The molecule has 3 rings (SSSR count). The number of hydrogen-bond donors (Lipinski definition) is 2. The average Bonchev–Trinajstić information content (AvgIpc) is 2.68. The predicted octanol–water partition coefficient (Wildman–Crippen LogP) is 2.70. The Morgan fingerprint density at radius 2 is 1.85 bits per heavy atom. The molecule has 8 heteroatoms. The normalized spacial score (nSPS) is 16.1. The summed E-state index contributed by atoms with van der Waals surface area (Å²) in [5.74, 6) is 1.01. The smallest absolute Gasteiger partial charge is 0.229 e. The van der Waals surface area contributed by atoms with E-state index in [0.29, 0.717) is 11.9 Å². The summed E-state index contributed by atoms with van der Waals surface area (Å²) in [6.07, 6.45) is 1.98. The van der Waals surface area contributed by atoms with Gasteiger partial charge in [-0.05, 0) is 36.9 Å². The lowest BCUT2D eigenvalue weighted by molar-refractivity contribution is 0.0398. The molecule has 0 bridgehead atoms. The van der Waals surface area contributed by atoms with Crippen molar-refractivity contribution < 1.29 is 4.74 Å². The molecule has 2 N–H and O–H groups in total. The molecule has 1 fully saturated rings. The lowest BCUT2D eigenvalue weighted by atomic mass is 10.1. The summed E-state index contributed by atoms with van der Waals surface area (Å²) >= 11 is 6.06. The Morgan fingerprint density at radius 1 is 1.11 bits per heavy atom. The number of halogens is 1. The van der Waals surface area contributed by atoms with Gasteiger partial charge in [-0.25, -0.2) is 0 Å². The van der Waals surface area contributed by atoms with Crippen molar-refractivity contribution in [1.29, 1.82) is 0 Å². The van der Waals surface area contributed by atoms with Crippen LogP contribution in [-0.4, -0.2) is 65.3 Å². The van der Waals surface area contributed by atoms with Crippen molar-refractivity contribution in [3.05, 3.63) is 41.2 Å². The first-order valence-electron chi connectivity index (χ1n) is 9.45. The molecule has 0 aliphatic carbocycles. The Bertz CT molecular complexity index is 696. The second-order valence-electron chi connectivity index (χ2n) is 6.70. The Morgan fingerprint density at radius 3 is 2.63 bits per heavy atom. The lowest BCUT2D eigenvalue weighted by Crippen LogP contribution is -2.39. The van der Waals surface area contributed by atoms with Crippen LogP contribution in [0.15, 0.2) is 30.3 Å². The molecule has 146 valence electrons. The molecule has 1 aromatic heterocycles. The molecule has 0 unspecified atom stereocenters. The summed E-state index contributed by atoms with van der Waals surface area (Å²) in [5.41, 5.74) is 1.32. The third-order valence-corrected chi connectivity index (χ3v) is 4.68. The van der Waals surface area contributed by atoms with Crippen LogP contribution >= 0.6 is 11.6 Å². The first kappa shape index (κ1) is 19.8. The molecule has 0 radical (unpaired) electrons. The minimum atomic E-state index is 0.191. The number of anilines is 2. The van der Waals surface area contributed by atoms with E-state index in [4.69, 9.17) is 16.3 Å². The summed E-state index contributed by atoms with van der Waals surface area (Å²) in [5, 5.41) is 6.75. The van der Waals surface area contributed by atoms with Crippen molar-refractivity contribution in [3.63, 3.8) is 0 Å². The SMILES string of the molecule is C[C@@H](CCc1ccccc1)Nc1nc(Cl)nc(NCCN2CCOCC2)n1. The number of nitrogens with one attached hydrogen (secondary N) is 2. The maximum atomic E-state index is 6.06. The lowest BCUT2D eigenvalue weighted by Gasteiger charge is -2.26. The van der Waals surface area contributed by atoms with Gasteiger partial charge >= 0.3 is 0 Å². The zero-order valence-corrected chi connectivity index (χ0v) is 16.5. The number of aryl methyl sites for hydroxylation is 1. The van der Waals surface area contributed by atoms with Gasteiger partial charge in [-0.2, -0.15) is 15.0 Å². The second kappa shape index (κ2) is 10.4. The molecule has 1 saturated heterocycles. The second-order valence-corrected chi connectivity index (χ2v) is 7.04. The Labute approximate surface area is 165 Å². The first-order valence-corrected chi connectivity index (χ1v) is 9.83. The Kier molecular flexibility index (Phi) is 7.62. The third-order valence-electron chi connectivity index (χ3n) is 4.51. The van der Waals surface area contributed by atoms with Crippen molar-refractivity contribution in [1.82, 2.24) is 19.9 Å². The van der Waals surface area contributed by atoms with Crippen molar-refractivity contribution >= 4 is 23.5 Å². The zero-order chi connectivity index (χ0) is 18.9. The van der Waals surface area contributed by atoms with E-state index in [9.17, 15) is 0 Å². The molecule has 27 heavy (non-hydrogen) atoms. The molecule has 0 saturated carbocycles. The number of benzene rings is 1. The van der Waals surface area contributed by atoms with Crippen LogP contribution in [0.5, 0.6) is 0 Å². The van der Waals surface area contributed by atoms with Crippen LogP contribution in [0.2, 0.25) is 5.28 Å². The van der Waals surface area contributed by atoms with Crippen LogP contribution in [0.1, 0.15) is 18.9 Å². The third kappa shape index (κ3) is 6.93. The van der Waals surface area contributed by atoms with Crippen LogP contribution < -0.4 is 10.6 Å². The molecule has 1 aromatic carbocycles. The highest BCUT2D eigenvalue weighted by Crippen LogP contribution is 2.13. The van der Waals surface area contributed by atoms with Gasteiger partial charge in [-0.15, -0.1) is 0 Å². The summed E-state index contributed by atoms with van der Waals surface area (Å²) in [6.45, 7) is 7.31. The monoisotopic (exact) mass is 390 g/mol. The number of aromatic nitrogens is 3.